The van der Waals surface area contributed by atoms with Gasteiger partial charge in [-0.2, -0.15) is 4.37 Å². The molecule has 0 fully saturated rings. The largest absolute Gasteiger partial charge is 0.214 e. The average Bonchev–Trinajstić information content (AvgIpc) is 2.58. The molecule has 1 aromatic rings. The summed E-state index contributed by atoms with van der Waals surface area (Å²) >= 11 is 4.77. The van der Waals surface area contributed by atoms with Crippen molar-refractivity contribution in [2.24, 2.45) is 0 Å². The van der Waals surface area contributed by atoms with Crippen LogP contribution in [0.25, 0.3) is 0 Å². The molecule has 0 saturated carbocycles. The van der Waals surface area contributed by atoms with Gasteiger partial charge in [0.2, 0.25) is 4.73 Å². The molecule has 0 amide bonds. The molecule has 0 spiro atoms. The van der Waals surface area contributed by atoms with Crippen molar-refractivity contribution in [1.82, 2.24) is 9.36 Å². The van der Waals surface area contributed by atoms with Gasteiger partial charge in [-0.1, -0.05) is 39.0 Å². The predicted molar refractivity (Wildman–Crippen MR) is 64.7 cm³/mol. The zero-order valence-corrected chi connectivity index (χ0v) is 11.0. The normalized spacial score (nSPS) is 10.7. The van der Waals surface area contributed by atoms with Crippen molar-refractivity contribution in [2.75, 3.05) is 0 Å². The number of halogens is 1. The van der Waals surface area contributed by atoms with E-state index in [0.29, 0.717) is 0 Å². The van der Waals surface area contributed by atoms with Gasteiger partial charge in [0, 0.05) is 6.42 Å². The maximum Gasteiger partial charge on any atom is 0.209 e. The average molecular weight is 277 g/mol. The highest BCUT2D eigenvalue weighted by atomic mass is 79.9. The van der Waals surface area contributed by atoms with E-state index in [-0.39, 0.29) is 0 Å². The quantitative estimate of drug-likeness (QED) is 0.698. The van der Waals surface area contributed by atoms with Gasteiger partial charge in [0.15, 0.2) is 0 Å². The Morgan fingerprint density at radius 2 is 1.86 bits per heavy atom. The first-order valence-corrected chi connectivity index (χ1v) is 6.87. The molecule has 0 radical (unpaired) electrons. The molecule has 1 heterocycles. The van der Waals surface area contributed by atoms with E-state index in [9.17, 15) is 0 Å². The summed E-state index contributed by atoms with van der Waals surface area (Å²) in [5.41, 5.74) is 0. The molecular weight excluding hydrogens is 260 g/mol. The van der Waals surface area contributed by atoms with Gasteiger partial charge in [-0.25, -0.2) is 4.98 Å². The molecule has 0 aromatic carbocycles. The minimum absolute atomic E-state index is 0.739. The Hall–Kier alpha value is 0.0400. The van der Waals surface area contributed by atoms with Crippen LogP contribution in [0.4, 0.5) is 0 Å². The second kappa shape index (κ2) is 7.35. The lowest BCUT2D eigenvalue weighted by molar-refractivity contribution is 0.607. The maximum atomic E-state index is 4.27. The number of aryl methyl sites for hydroxylation is 1. The van der Waals surface area contributed by atoms with E-state index in [1.54, 1.807) is 0 Å². The summed E-state index contributed by atoms with van der Waals surface area (Å²) in [6.45, 7) is 2.25. The fraction of sp³-hybridized carbons (Fsp3) is 0.800. The standard InChI is InChI=1S/C10H17BrN2S/c1-2-3-4-5-6-7-8-9-12-10(11)13-14-9/h2-8H2,1H3. The van der Waals surface area contributed by atoms with Gasteiger partial charge in [0.25, 0.3) is 0 Å². The molecule has 0 aliphatic heterocycles. The van der Waals surface area contributed by atoms with Crippen LogP contribution in [0, 0.1) is 0 Å². The van der Waals surface area contributed by atoms with Gasteiger partial charge in [-0.15, -0.1) is 0 Å². The number of unbranched alkanes of at least 4 members (excludes halogenated alkanes) is 5. The topological polar surface area (TPSA) is 25.8 Å². The fourth-order valence-corrected chi connectivity index (χ4v) is 2.53. The van der Waals surface area contributed by atoms with E-state index in [0.717, 1.165) is 16.2 Å². The third-order valence-corrected chi connectivity index (χ3v) is 3.55. The first-order chi connectivity index (χ1) is 6.83. The summed E-state index contributed by atoms with van der Waals surface area (Å²) in [5.74, 6) is 0. The second-order valence-corrected chi connectivity index (χ2v) is 5.02. The molecule has 1 aromatic heterocycles. The first-order valence-electron chi connectivity index (χ1n) is 5.31. The van der Waals surface area contributed by atoms with E-state index in [4.69, 9.17) is 0 Å². The highest BCUT2D eigenvalue weighted by Crippen LogP contribution is 2.13. The summed E-state index contributed by atoms with van der Waals surface area (Å²) in [6.07, 6.45) is 9.13. The summed E-state index contributed by atoms with van der Waals surface area (Å²) in [4.78, 5) is 4.27. The maximum absolute atomic E-state index is 4.27. The smallest absolute Gasteiger partial charge is 0.209 e. The van der Waals surface area contributed by atoms with Crippen LogP contribution >= 0.6 is 27.5 Å². The van der Waals surface area contributed by atoms with Crippen molar-refractivity contribution in [3.8, 4) is 0 Å². The van der Waals surface area contributed by atoms with Crippen LogP contribution in [0.15, 0.2) is 4.73 Å². The van der Waals surface area contributed by atoms with Crippen molar-refractivity contribution in [2.45, 2.75) is 51.9 Å². The van der Waals surface area contributed by atoms with Crippen LogP contribution in [0.2, 0.25) is 0 Å². The number of rotatable bonds is 7. The molecule has 1 rings (SSSR count). The van der Waals surface area contributed by atoms with Gasteiger partial charge in [0.05, 0.1) is 0 Å². The highest BCUT2D eigenvalue weighted by molar-refractivity contribution is 9.10. The second-order valence-electron chi connectivity index (χ2n) is 3.47. The third-order valence-electron chi connectivity index (χ3n) is 2.19. The van der Waals surface area contributed by atoms with Crippen LogP contribution < -0.4 is 0 Å². The van der Waals surface area contributed by atoms with Gasteiger partial charge in [0.1, 0.15) is 5.01 Å². The van der Waals surface area contributed by atoms with E-state index in [2.05, 4.69) is 32.2 Å². The zero-order chi connectivity index (χ0) is 10.2. The lowest BCUT2D eigenvalue weighted by Crippen LogP contribution is -1.84. The van der Waals surface area contributed by atoms with Crippen LogP contribution in [0.3, 0.4) is 0 Å². The van der Waals surface area contributed by atoms with Crippen molar-refractivity contribution < 1.29 is 0 Å². The lowest BCUT2D eigenvalue weighted by Gasteiger charge is -1.97. The molecule has 0 bridgehead atoms. The summed E-state index contributed by atoms with van der Waals surface area (Å²) in [7, 11) is 0. The van der Waals surface area contributed by atoms with E-state index < -0.39 is 0 Å². The van der Waals surface area contributed by atoms with Crippen LogP contribution in [-0.2, 0) is 6.42 Å². The lowest BCUT2D eigenvalue weighted by atomic mass is 10.1. The summed E-state index contributed by atoms with van der Waals surface area (Å²) in [6, 6.07) is 0. The van der Waals surface area contributed by atoms with E-state index in [1.165, 1.54) is 50.1 Å². The van der Waals surface area contributed by atoms with Crippen LogP contribution in [0.1, 0.15) is 50.5 Å². The molecule has 0 unspecified atom stereocenters. The SMILES string of the molecule is CCCCCCCCc1nc(Br)ns1. The molecule has 0 aliphatic rings. The van der Waals surface area contributed by atoms with Crippen molar-refractivity contribution in [1.29, 1.82) is 0 Å². The van der Waals surface area contributed by atoms with Crippen LogP contribution in [-0.4, -0.2) is 9.36 Å². The Morgan fingerprint density at radius 1 is 1.14 bits per heavy atom. The minimum atomic E-state index is 0.739. The molecule has 4 heteroatoms. The van der Waals surface area contributed by atoms with E-state index >= 15 is 0 Å². The first kappa shape index (κ1) is 12.1. The zero-order valence-electron chi connectivity index (χ0n) is 8.63. The number of hydrogen-bond donors (Lipinski definition) is 0. The Balaban J connectivity index is 1.99. The number of hydrogen-bond acceptors (Lipinski definition) is 3. The Labute approximate surface area is 98.4 Å². The van der Waals surface area contributed by atoms with Gasteiger partial charge < -0.3 is 0 Å². The van der Waals surface area contributed by atoms with E-state index in [1.807, 2.05) is 0 Å². The predicted octanol–water partition coefficient (Wildman–Crippen LogP) is 4.20. The number of aromatic nitrogens is 2. The molecule has 0 aliphatic carbocycles. The van der Waals surface area contributed by atoms with Crippen molar-refractivity contribution in [3.63, 3.8) is 0 Å². The molecule has 2 nitrogen and oxygen atoms in total. The summed E-state index contributed by atoms with van der Waals surface area (Å²) < 4.78 is 4.83. The summed E-state index contributed by atoms with van der Waals surface area (Å²) in [5, 5.41) is 1.16. The molecule has 14 heavy (non-hydrogen) atoms. The third kappa shape index (κ3) is 5.05. The van der Waals surface area contributed by atoms with Gasteiger partial charge in [-0.05, 0) is 33.9 Å². The molecular formula is C10H17BrN2S. The van der Waals surface area contributed by atoms with Crippen molar-refractivity contribution >= 4 is 27.5 Å². The molecule has 0 N–H and O–H groups in total. The molecule has 0 atom stereocenters. The Bertz CT molecular complexity index is 250. The molecule has 0 saturated heterocycles. The Kier molecular flexibility index (Phi) is 6.36. The molecule has 80 valence electrons. The van der Waals surface area contributed by atoms with Gasteiger partial charge in [-0.3, -0.25) is 0 Å². The monoisotopic (exact) mass is 276 g/mol. The Morgan fingerprint density at radius 3 is 2.50 bits per heavy atom. The highest BCUT2D eigenvalue weighted by Gasteiger charge is 2.00. The van der Waals surface area contributed by atoms with Crippen molar-refractivity contribution in [3.05, 3.63) is 9.74 Å². The van der Waals surface area contributed by atoms with Crippen LogP contribution in [0.5, 0.6) is 0 Å². The fourth-order valence-electron chi connectivity index (χ4n) is 1.39. The minimum Gasteiger partial charge on any atom is -0.214 e. The van der Waals surface area contributed by atoms with Gasteiger partial charge >= 0.3 is 0 Å². The number of nitrogens with zero attached hydrogens (tertiary/aromatic N) is 2.